The van der Waals surface area contributed by atoms with Crippen LogP contribution in [0.2, 0.25) is 0 Å². The van der Waals surface area contributed by atoms with E-state index in [9.17, 15) is 19.2 Å². The molecule has 0 bridgehead atoms. The molecule has 0 aliphatic carbocycles. The summed E-state index contributed by atoms with van der Waals surface area (Å²) < 4.78 is 10.1. The van der Waals surface area contributed by atoms with Crippen molar-refractivity contribution in [3.8, 4) is 0 Å². The highest BCUT2D eigenvalue weighted by molar-refractivity contribution is 6.23. The monoisotopic (exact) mass is 459 g/mol. The summed E-state index contributed by atoms with van der Waals surface area (Å²) in [5.41, 5.74) is 0.449. The molecule has 1 unspecified atom stereocenters. The Morgan fingerprint density at radius 1 is 1.12 bits per heavy atom. The quantitative estimate of drug-likeness (QED) is 0.452. The SMILES string of the molecule is COC(=O)c1ccc(N2C(=O)CC(N(CCN3CCOCC3)C(=O)CC(C)(C)C)C2=O)cc1. The number of amides is 3. The second-order valence-corrected chi connectivity index (χ2v) is 9.60. The van der Waals surface area contributed by atoms with Crippen LogP contribution in [0.3, 0.4) is 0 Å². The van der Waals surface area contributed by atoms with Crippen molar-refractivity contribution in [2.45, 2.75) is 39.7 Å². The molecule has 0 spiro atoms. The Balaban J connectivity index is 1.79. The van der Waals surface area contributed by atoms with Gasteiger partial charge in [0.1, 0.15) is 6.04 Å². The van der Waals surface area contributed by atoms with Crippen molar-refractivity contribution in [2.75, 3.05) is 51.4 Å². The van der Waals surface area contributed by atoms with Crippen molar-refractivity contribution in [1.82, 2.24) is 9.80 Å². The number of carbonyl (C=O) groups excluding carboxylic acids is 4. The van der Waals surface area contributed by atoms with E-state index >= 15 is 0 Å². The van der Waals surface area contributed by atoms with Crippen molar-refractivity contribution in [2.24, 2.45) is 5.41 Å². The molecule has 9 heteroatoms. The molecule has 3 rings (SSSR count). The summed E-state index contributed by atoms with van der Waals surface area (Å²) in [6, 6.07) is 5.26. The van der Waals surface area contributed by atoms with Gasteiger partial charge in [0, 0.05) is 32.6 Å². The third-order valence-electron chi connectivity index (χ3n) is 5.81. The van der Waals surface area contributed by atoms with Gasteiger partial charge >= 0.3 is 5.97 Å². The maximum atomic E-state index is 13.3. The number of hydrogen-bond donors (Lipinski definition) is 0. The van der Waals surface area contributed by atoms with Crippen LogP contribution in [0, 0.1) is 5.41 Å². The van der Waals surface area contributed by atoms with Gasteiger partial charge in [-0.3, -0.25) is 19.3 Å². The molecule has 0 saturated carbocycles. The van der Waals surface area contributed by atoms with Crippen molar-refractivity contribution in [3.05, 3.63) is 29.8 Å². The summed E-state index contributed by atoms with van der Waals surface area (Å²) in [6.07, 6.45) is 0.221. The molecule has 33 heavy (non-hydrogen) atoms. The van der Waals surface area contributed by atoms with E-state index in [4.69, 9.17) is 9.47 Å². The molecule has 9 nitrogen and oxygen atoms in total. The first-order chi connectivity index (χ1) is 15.6. The summed E-state index contributed by atoms with van der Waals surface area (Å²) in [5, 5.41) is 0. The largest absolute Gasteiger partial charge is 0.465 e. The van der Waals surface area contributed by atoms with Crippen LogP contribution in [0.25, 0.3) is 0 Å². The van der Waals surface area contributed by atoms with Crippen molar-refractivity contribution in [3.63, 3.8) is 0 Å². The van der Waals surface area contributed by atoms with E-state index in [1.54, 1.807) is 17.0 Å². The molecule has 2 heterocycles. The van der Waals surface area contributed by atoms with Gasteiger partial charge in [0.05, 0.1) is 38.0 Å². The topological polar surface area (TPSA) is 96.5 Å². The Bertz CT molecular complexity index is 886. The molecule has 1 aromatic carbocycles. The third kappa shape index (κ3) is 6.17. The van der Waals surface area contributed by atoms with Gasteiger partial charge in [0.15, 0.2) is 0 Å². The van der Waals surface area contributed by atoms with Crippen LogP contribution in [0.5, 0.6) is 0 Å². The normalized spacial score (nSPS) is 19.6. The van der Waals surface area contributed by atoms with E-state index in [0.717, 1.165) is 18.0 Å². The zero-order valence-corrected chi connectivity index (χ0v) is 19.8. The van der Waals surface area contributed by atoms with Crippen LogP contribution in [0.1, 0.15) is 44.0 Å². The standard InChI is InChI=1S/C24H33N3O6/c1-24(2,3)16-21(29)26(10-9-25-11-13-33-14-12-25)19-15-20(28)27(22(19)30)18-7-5-17(6-8-18)23(31)32-4/h5-8,19H,9-16H2,1-4H3. The lowest BCUT2D eigenvalue weighted by atomic mass is 9.91. The Labute approximate surface area is 194 Å². The average Bonchev–Trinajstić information content (AvgIpc) is 3.06. The molecule has 0 N–H and O–H groups in total. The maximum absolute atomic E-state index is 13.3. The molecule has 1 aromatic rings. The molecular weight excluding hydrogens is 426 g/mol. The summed E-state index contributed by atoms with van der Waals surface area (Å²) in [7, 11) is 1.29. The van der Waals surface area contributed by atoms with E-state index in [2.05, 4.69) is 4.90 Å². The molecule has 2 saturated heterocycles. The lowest BCUT2D eigenvalue weighted by Crippen LogP contribution is -2.50. The van der Waals surface area contributed by atoms with Crippen LogP contribution in [-0.4, -0.2) is 86.0 Å². The molecule has 2 fully saturated rings. The number of rotatable bonds is 7. The Kier molecular flexibility index (Phi) is 7.86. The number of imide groups is 1. The zero-order valence-electron chi connectivity index (χ0n) is 19.8. The van der Waals surface area contributed by atoms with Crippen molar-refractivity contribution >= 4 is 29.4 Å². The lowest BCUT2D eigenvalue weighted by Gasteiger charge is -2.33. The van der Waals surface area contributed by atoms with E-state index in [1.807, 2.05) is 20.8 Å². The van der Waals surface area contributed by atoms with E-state index in [1.165, 1.54) is 19.2 Å². The van der Waals surface area contributed by atoms with Crippen LogP contribution in [-0.2, 0) is 23.9 Å². The molecule has 1 atom stereocenters. The second-order valence-electron chi connectivity index (χ2n) is 9.60. The Hall–Kier alpha value is -2.78. The first kappa shape index (κ1) is 24.9. The predicted molar refractivity (Wildman–Crippen MR) is 122 cm³/mol. The molecular formula is C24H33N3O6. The fourth-order valence-electron chi connectivity index (χ4n) is 4.08. The summed E-state index contributed by atoms with van der Waals surface area (Å²) >= 11 is 0. The van der Waals surface area contributed by atoms with E-state index < -0.39 is 17.9 Å². The lowest BCUT2D eigenvalue weighted by molar-refractivity contribution is -0.140. The number of anilines is 1. The minimum Gasteiger partial charge on any atom is -0.465 e. The van der Waals surface area contributed by atoms with Gasteiger partial charge in [-0.25, -0.2) is 9.69 Å². The first-order valence-electron chi connectivity index (χ1n) is 11.3. The second kappa shape index (κ2) is 10.4. The van der Waals surface area contributed by atoms with Gasteiger partial charge < -0.3 is 14.4 Å². The molecule has 2 aliphatic heterocycles. The van der Waals surface area contributed by atoms with Crippen molar-refractivity contribution < 1.29 is 28.7 Å². The summed E-state index contributed by atoms with van der Waals surface area (Å²) in [5.74, 6) is -1.42. The van der Waals surface area contributed by atoms with Crippen molar-refractivity contribution in [1.29, 1.82) is 0 Å². The highest BCUT2D eigenvalue weighted by atomic mass is 16.5. The Morgan fingerprint density at radius 2 is 1.76 bits per heavy atom. The van der Waals surface area contributed by atoms with Crippen LogP contribution >= 0.6 is 0 Å². The van der Waals surface area contributed by atoms with Gasteiger partial charge in [0.25, 0.3) is 5.91 Å². The first-order valence-corrected chi connectivity index (χ1v) is 11.3. The van der Waals surface area contributed by atoms with E-state index in [0.29, 0.717) is 37.6 Å². The Morgan fingerprint density at radius 3 is 2.33 bits per heavy atom. The van der Waals surface area contributed by atoms with Gasteiger partial charge in [-0.15, -0.1) is 0 Å². The smallest absolute Gasteiger partial charge is 0.337 e. The molecule has 0 radical (unpaired) electrons. The summed E-state index contributed by atoms with van der Waals surface area (Å²) in [6.45, 7) is 9.75. The van der Waals surface area contributed by atoms with Crippen LogP contribution < -0.4 is 4.90 Å². The minimum atomic E-state index is -0.839. The van der Waals surface area contributed by atoms with Gasteiger partial charge in [-0.1, -0.05) is 20.8 Å². The molecule has 0 aromatic heterocycles. The fraction of sp³-hybridized carbons (Fsp3) is 0.583. The molecule has 180 valence electrons. The summed E-state index contributed by atoms with van der Waals surface area (Å²) in [4.78, 5) is 56.0. The van der Waals surface area contributed by atoms with Gasteiger partial charge in [-0.2, -0.15) is 0 Å². The zero-order chi connectivity index (χ0) is 24.2. The number of hydrogen-bond acceptors (Lipinski definition) is 7. The van der Waals surface area contributed by atoms with Gasteiger partial charge in [0.2, 0.25) is 11.8 Å². The third-order valence-corrected chi connectivity index (χ3v) is 5.81. The predicted octanol–water partition coefficient (Wildman–Crippen LogP) is 1.70. The van der Waals surface area contributed by atoms with Crippen LogP contribution in [0.4, 0.5) is 5.69 Å². The van der Waals surface area contributed by atoms with Crippen LogP contribution in [0.15, 0.2) is 24.3 Å². The number of benzene rings is 1. The number of morpholine rings is 1. The number of carbonyl (C=O) groups is 4. The number of nitrogens with zero attached hydrogens (tertiary/aromatic N) is 3. The highest BCUT2D eigenvalue weighted by Crippen LogP contribution is 2.28. The number of ether oxygens (including phenoxy) is 2. The minimum absolute atomic E-state index is 0.0589. The highest BCUT2D eigenvalue weighted by Gasteiger charge is 2.44. The average molecular weight is 460 g/mol. The number of methoxy groups -OCH3 is 1. The van der Waals surface area contributed by atoms with Gasteiger partial charge in [-0.05, 0) is 29.7 Å². The maximum Gasteiger partial charge on any atom is 0.337 e. The fourth-order valence-corrected chi connectivity index (χ4v) is 4.08. The molecule has 2 aliphatic rings. The number of esters is 1. The van der Waals surface area contributed by atoms with E-state index in [-0.39, 0.29) is 30.1 Å². The molecule has 3 amide bonds.